The minimum absolute atomic E-state index is 0.0848. The minimum Gasteiger partial charge on any atom is -0.462 e. The van der Waals surface area contributed by atoms with Crippen LogP contribution in [0.4, 0.5) is 0 Å². The van der Waals surface area contributed by atoms with E-state index in [0.29, 0.717) is 10.7 Å². The van der Waals surface area contributed by atoms with Crippen molar-refractivity contribution in [3.05, 3.63) is 27.0 Å². The van der Waals surface area contributed by atoms with Crippen LogP contribution < -0.4 is 0 Å². The second-order valence-corrected chi connectivity index (χ2v) is 3.76. The topological polar surface area (TPSA) is 39.2 Å². The number of ether oxygens (including phenoxy) is 1. The van der Waals surface area contributed by atoms with Gasteiger partial charge in [-0.15, -0.1) is 0 Å². The fourth-order valence-corrected chi connectivity index (χ4v) is 1.75. The SMILES string of the molecule is CCOC(=O)c1c(Cl)nc(C)c(C)c1Cl. The largest absolute Gasteiger partial charge is 0.462 e. The van der Waals surface area contributed by atoms with Crippen LogP contribution in [0.2, 0.25) is 10.2 Å². The molecule has 1 heterocycles. The molecular formula is C10H11Cl2NO2. The Balaban J connectivity index is 3.29. The van der Waals surface area contributed by atoms with Crippen LogP contribution in [-0.4, -0.2) is 17.6 Å². The van der Waals surface area contributed by atoms with Crippen LogP contribution in [-0.2, 0) is 4.74 Å². The summed E-state index contributed by atoms with van der Waals surface area (Å²) in [5.74, 6) is -0.539. The van der Waals surface area contributed by atoms with Gasteiger partial charge in [-0.2, -0.15) is 0 Å². The van der Waals surface area contributed by atoms with Crippen molar-refractivity contribution >= 4 is 29.2 Å². The van der Waals surface area contributed by atoms with Gasteiger partial charge in [0, 0.05) is 5.69 Å². The number of nitrogens with zero attached hydrogens (tertiary/aromatic N) is 1. The zero-order valence-corrected chi connectivity index (χ0v) is 10.2. The van der Waals surface area contributed by atoms with Crippen LogP contribution in [0.25, 0.3) is 0 Å². The molecule has 0 aromatic carbocycles. The average molecular weight is 248 g/mol. The molecule has 0 aliphatic carbocycles. The Labute approximate surface area is 98.4 Å². The zero-order valence-electron chi connectivity index (χ0n) is 8.73. The lowest BCUT2D eigenvalue weighted by Crippen LogP contribution is -2.09. The molecule has 0 radical (unpaired) electrons. The minimum atomic E-state index is -0.539. The lowest BCUT2D eigenvalue weighted by molar-refractivity contribution is 0.0526. The Morgan fingerprint density at radius 3 is 2.53 bits per heavy atom. The number of halogens is 2. The number of carbonyl (C=O) groups is 1. The van der Waals surface area contributed by atoms with Gasteiger partial charge in [0.2, 0.25) is 0 Å². The van der Waals surface area contributed by atoms with Gasteiger partial charge in [-0.3, -0.25) is 0 Å². The van der Waals surface area contributed by atoms with Gasteiger partial charge in [0.25, 0.3) is 0 Å². The molecule has 0 bridgehead atoms. The summed E-state index contributed by atoms with van der Waals surface area (Å²) < 4.78 is 4.84. The molecule has 3 nitrogen and oxygen atoms in total. The van der Waals surface area contributed by atoms with Crippen molar-refractivity contribution in [2.45, 2.75) is 20.8 Å². The lowest BCUT2D eigenvalue weighted by atomic mass is 10.1. The van der Waals surface area contributed by atoms with E-state index < -0.39 is 5.97 Å². The predicted octanol–water partition coefficient (Wildman–Crippen LogP) is 3.18. The highest BCUT2D eigenvalue weighted by molar-refractivity contribution is 6.39. The first kappa shape index (κ1) is 12.3. The van der Waals surface area contributed by atoms with Crippen LogP contribution in [0.1, 0.15) is 28.5 Å². The van der Waals surface area contributed by atoms with Gasteiger partial charge in [0.05, 0.1) is 11.6 Å². The Kier molecular flexibility index (Phi) is 3.94. The van der Waals surface area contributed by atoms with Gasteiger partial charge in [-0.05, 0) is 26.3 Å². The summed E-state index contributed by atoms with van der Waals surface area (Å²) in [5.41, 5.74) is 1.59. The molecule has 0 saturated carbocycles. The number of esters is 1. The van der Waals surface area contributed by atoms with E-state index in [1.165, 1.54) is 0 Å². The number of aryl methyl sites for hydroxylation is 1. The third-order valence-electron chi connectivity index (χ3n) is 2.04. The molecule has 1 rings (SSSR count). The lowest BCUT2D eigenvalue weighted by Gasteiger charge is -2.09. The highest BCUT2D eigenvalue weighted by Gasteiger charge is 2.20. The van der Waals surface area contributed by atoms with Gasteiger partial charge in [-0.25, -0.2) is 9.78 Å². The van der Waals surface area contributed by atoms with Gasteiger partial charge in [0.15, 0.2) is 0 Å². The summed E-state index contributed by atoms with van der Waals surface area (Å²) in [5, 5.41) is 0.396. The van der Waals surface area contributed by atoms with E-state index in [1.54, 1.807) is 20.8 Å². The molecule has 0 atom stereocenters. The fraction of sp³-hybridized carbons (Fsp3) is 0.400. The maximum atomic E-state index is 11.5. The summed E-state index contributed by atoms with van der Waals surface area (Å²) in [7, 11) is 0. The summed E-state index contributed by atoms with van der Waals surface area (Å²) in [6.45, 7) is 5.55. The molecule has 0 amide bonds. The summed E-state index contributed by atoms with van der Waals surface area (Å²) in [6.07, 6.45) is 0. The van der Waals surface area contributed by atoms with E-state index >= 15 is 0 Å². The second kappa shape index (κ2) is 4.81. The van der Waals surface area contributed by atoms with E-state index in [2.05, 4.69) is 4.98 Å². The molecule has 82 valence electrons. The van der Waals surface area contributed by atoms with Crippen molar-refractivity contribution in [2.75, 3.05) is 6.61 Å². The van der Waals surface area contributed by atoms with Crippen LogP contribution in [0, 0.1) is 13.8 Å². The van der Waals surface area contributed by atoms with E-state index in [-0.39, 0.29) is 17.3 Å². The summed E-state index contributed by atoms with van der Waals surface area (Å²) >= 11 is 11.9. The maximum Gasteiger partial charge on any atom is 0.342 e. The molecule has 0 aliphatic heterocycles. The van der Waals surface area contributed by atoms with Crippen molar-refractivity contribution < 1.29 is 9.53 Å². The Morgan fingerprint density at radius 2 is 2.00 bits per heavy atom. The number of hydrogen-bond donors (Lipinski definition) is 0. The standard InChI is InChI=1S/C10H11Cl2NO2/c1-4-15-10(14)7-8(11)5(2)6(3)13-9(7)12/h4H2,1-3H3. The van der Waals surface area contributed by atoms with Crippen molar-refractivity contribution in [1.82, 2.24) is 4.98 Å². The zero-order chi connectivity index (χ0) is 11.6. The van der Waals surface area contributed by atoms with Crippen LogP contribution in [0.15, 0.2) is 0 Å². The predicted molar refractivity (Wildman–Crippen MR) is 59.7 cm³/mol. The van der Waals surface area contributed by atoms with Crippen LogP contribution in [0.3, 0.4) is 0 Å². The fourth-order valence-electron chi connectivity index (χ4n) is 1.10. The number of carbonyl (C=O) groups excluding carboxylic acids is 1. The molecule has 5 heteroatoms. The second-order valence-electron chi connectivity index (χ2n) is 3.02. The van der Waals surface area contributed by atoms with E-state index in [4.69, 9.17) is 27.9 Å². The first-order valence-corrected chi connectivity index (χ1v) is 5.24. The average Bonchev–Trinajstić information content (AvgIpc) is 2.15. The molecule has 1 aromatic heterocycles. The normalized spacial score (nSPS) is 10.2. The van der Waals surface area contributed by atoms with Crippen molar-refractivity contribution in [3.63, 3.8) is 0 Å². The first-order valence-electron chi connectivity index (χ1n) is 4.48. The van der Waals surface area contributed by atoms with Gasteiger partial charge < -0.3 is 4.74 Å². The number of hydrogen-bond acceptors (Lipinski definition) is 3. The maximum absolute atomic E-state index is 11.5. The number of aromatic nitrogens is 1. The van der Waals surface area contributed by atoms with Crippen molar-refractivity contribution in [2.24, 2.45) is 0 Å². The molecular weight excluding hydrogens is 237 g/mol. The number of pyridine rings is 1. The Bertz CT molecular complexity index is 405. The molecule has 0 fully saturated rings. The molecule has 15 heavy (non-hydrogen) atoms. The first-order chi connectivity index (χ1) is 6.99. The van der Waals surface area contributed by atoms with E-state index in [9.17, 15) is 4.79 Å². The molecule has 1 aromatic rings. The molecule has 0 unspecified atom stereocenters. The third-order valence-corrected chi connectivity index (χ3v) is 2.79. The van der Waals surface area contributed by atoms with E-state index in [0.717, 1.165) is 5.56 Å². The Hall–Kier alpha value is -0.800. The Morgan fingerprint density at radius 1 is 1.40 bits per heavy atom. The summed E-state index contributed by atoms with van der Waals surface area (Å²) in [6, 6.07) is 0. The smallest absolute Gasteiger partial charge is 0.342 e. The van der Waals surface area contributed by atoms with Gasteiger partial charge >= 0.3 is 5.97 Å². The highest BCUT2D eigenvalue weighted by atomic mass is 35.5. The van der Waals surface area contributed by atoms with Crippen LogP contribution in [0.5, 0.6) is 0 Å². The quantitative estimate of drug-likeness (QED) is 0.596. The van der Waals surface area contributed by atoms with Gasteiger partial charge in [-0.1, -0.05) is 23.2 Å². The highest BCUT2D eigenvalue weighted by Crippen LogP contribution is 2.28. The monoisotopic (exact) mass is 247 g/mol. The molecule has 0 saturated heterocycles. The summed E-state index contributed by atoms with van der Waals surface area (Å²) in [4.78, 5) is 15.5. The van der Waals surface area contributed by atoms with Crippen molar-refractivity contribution in [1.29, 1.82) is 0 Å². The molecule has 0 aliphatic rings. The number of rotatable bonds is 2. The molecule has 0 spiro atoms. The van der Waals surface area contributed by atoms with Crippen molar-refractivity contribution in [3.8, 4) is 0 Å². The van der Waals surface area contributed by atoms with Crippen LogP contribution >= 0.6 is 23.2 Å². The van der Waals surface area contributed by atoms with E-state index in [1.807, 2.05) is 0 Å². The third kappa shape index (κ3) is 2.41. The van der Waals surface area contributed by atoms with Gasteiger partial charge in [0.1, 0.15) is 10.7 Å². The molecule has 0 N–H and O–H groups in total.